The van der Waals surface area contributed by atoms with E-state index in [1.54, 1.807) is 12.1 Å². The Morgan fingerprint density at radius 1 is 1.35 bits per heavy atom. The van der Waals surface area contributed by atoms with E-state index in [0.717, 1.165) is 6.42 Å². The summed E-state index contributed by atoms with van der Waals surface area (Å²) in [6, 6.07) is 4.56. The van der Waals surface area contributed by atoms with Gasteiger partial charge in [0.2, 0.25) is 10.0 Å². The Balaban J connectivity index is 3.38. The molecule has 0 aromatic heterocycles. The van der Waals surface area contributed by atoms with Crippen molar-refractivity contribution >= 4 is 10.0 Å². The number of sulfonamides is 1. The number of hydrogen-bond donors (Lipinski definition) is 1. The zero-order valence-electron chi connectivity index (χ0n) is 12.5. The van der Waals surface area contributed by atoms with E-state index in [9.17, 15) is 13.5 Å². The van der Waals surface area contributed by atoms with Crippen LogP contribution in [0.5, 0.6) is 5.75 Å². The molecule has 0 spiro atoms. The third kappa shape index (κ3) is 3.50. The molecule has 6 heteroatoms. The molecule has 0 fully saturated rings. The molecule has 0 heterocycles. The zero-order valence-corrected chi connectivity index (χ0v) is 13.3. The first-order valence-corrected chi connectivity index (χ1v) is 8.12. The van der Waals surface area contributed by atoms with Crippen LogP contribution in [0.25, 0.3) is 0 Å². The van der Waals surface area contributed by atoms with Crippen molar-refractivity contribution in [3.63, 3.8) is 0 Å². The standard InChI is InChI=1S/C14H23NO4S/c1-5-8-15(11(2)3)20(17,18)14-9-12(10-16)6-7-13(14)19-4/h6-7,9,11,16H,5,8,10H2,1-4H3. The Morgan fingerprint density at radius 2 is 2.00 bits per heavy atom. The van der Waals surface area contributed by atoms with Crippen LogP contribution in [-0.2, 0) is 16.6 Å². The van der Waals surface area contributed by atoms with Crippen molar-refractivity contribution in [1.82, 2.24) is 4.31 Å². The van der Waals surface area contributed by atoms with Crippen LogP contribution in [0, 0.1) is 0 Å². The zero-order chi connectivity index (χ0) is 15.3. The molecule has 0 aliphatic carbocycles. The molecule has 1 rings (SSSR count). The molecule has 0 atom stereocenters. The summed E-state index contributed by atoms with van der Waals surface area (Å²) in [5.74, 6) is 0.295. The van der Waals surface area contributed by atoms with E-state index in [0.29, 0.717) is 17.9 Å². The lowest BCUT2D eigenvalue weighted by Gasteiger charge is -2.26. The summed E-state index contributed by atoms with van der Waals surface area (Å²) in [5, 5.41) is 9.19. The van der Waals surface area contributed by atoms with E-state index < -0.39 is 10.0 Å². The number of rotatable bonds is 7. The molecule has 0 aliphatic rings. The summed E-state index contributed by atoms with van der Waals surface area (Å²) < 4.78 is 32.2. The Morgan fingerprint density at radius 3 is 2.45 bits per heavy atom. The van der Waals surface area contributed by atoms with Crippen molar-refractivity contribution in [1.29, 1.82) is 0 Å². The second-order valence-electron chi connectivity index (χ2n) is 4.85. The van der Waals surface area contributed by atoms with E-state index in [2.05, 4.69) is 0 Å². The van der Waals surface area contributed by atoms with Crippen molar-refractivity contribution in [2.75, 3.05) is 13.7 Å². The van der Waals surface area contributed by atoms with Gasteiger partial charge in [0.1, 0.15) is 10.6 Å². The molecule has 0 saturated heterocycles. The minimum Gasteiger partial charge on any atom is -0.495 e. The fourth-order valence-corrected chi connectivity index (χ4v) is 3.96. The van der Waals surface area contributed by atoms with Crippen LogP contribution in [-0.4, -0.2) is 37.5 Å². The van der Waals surface area contributed by atoms with Gasteiger partial charge >= 0.3 is 0 Å². The molecule has 0 radical (unpaired) electrons. The SMILES string of the molecule is CCCN(C(C)C)S(=O)(=O)c1cc(CO)ccc1OC. The highest BCUT2D eigenvalue weighted by atomic mass is 32.2. The molecule has 0 unspecified atom stereocenters. The third-order valence-electron chi connectivity index (χ3n) is 3.02. The van der Waals surface area contributed by atoms with Crippen LogP contribution in [0.2, 0.25) is 0 Å². The third-order valence-corrected chi connectivity index (χ3v) is 5.11. The van der Waals surface area contributed by atoms with E-state index in [-0.39, 0.29) is 17.5 Å². The van der Waals surface area contributed by atoms with Gasteiger partial charge in [0.05, 0.1) is 13.7 Å². The van der Waals surface area contributed by atoms with Crippen molar-refractivity contribution in [3.8, 4) is 5.75 Å². The van der Waals surface area contributed by atoms with Gasteiger partial charge in [-0.1, -0.05) is 13.0 Å². The number of benzene rings is 1. The van der Waals surface area contributed by atoms with Crippen LogP contribution >= 0.6 is 0 Å². The van der Waals surface area contributed by atoms with Gasteiger partial charge < -0.3 is 9.84 Å². The van der Waals surface area contributed by atoms with Crippen molar-refractivity contribution in [3.05, 3.63) is 23.8 Å². The number of nitrogens with zero attached hydrogens (tertiary/aromatic N) is 1. The molecule has 114 valence electrons. The number of hydrogen-bond acceptors (Lipinski definition) is 4. The van der Waals surface area contributed by atoms with Crippen molar-refractivity contribution < 1.29 is 18.3 Å². The molecule has 20 heavy (non-hydrogen) atoms. The quantitative estimate of drug-likeness (QED) is 0.836. The maximum atomic E-state index is 12.8. The van der Waals surface area contributed by atoms with E-state index in [1.807, 2.05) is 20.8 Å². The van der Waals surface area contributed by atoms with Gasteiger partial charge in [0.25, 0.3) is 0 Å². The summed E-state index contributed by atoms with van der Waals surface area (Å²) >= 11 is 0. The summed E-state index contributed by atoms with van der Waals surface area (Å²) in [6.07, 6.45) is 0.736. The average molecular weight is 301 g/mol. The van der Waals surface area contributed by atoms with Crippen LogP contribution in [0.4, 0.5) is 0 Å². The van der Waals surface area contributed by atoms with Gasteiger partial charge in [-0.2, -0.15) is 4.31 Å². The fourth-order valence-electron chi connectivity index (χ4n) is 2.02. The monoisotopic (exact) mass is 301 g/mol. The Bertz CT molecular complexity index is 540. The molecule has 0 bridgehead atoms. The van der Waals surface area contributed by atoms with Crippen LogP contribution in [0.15, 0.2) is 23.1 Å². The van der Waals surface area contributed by atoms with Gasteiger partial charge in [0, 0.05) is 12.6 Å². The highest BCUT2D eigenvalue weighted by molar-refractivity contribution is 7.89. The van der Waals surface area contributed by atoms with Crippen LogP contribution < -0.4 is 4.74 Å². The summed E-state index contributed by atoms with van der Waals surface area (Å²) in [7, 11) is -2.20. The predicted molar refractivity (Wildman–Crippen MR) is 78.2 cm³/mol. The highest BCUT2D eigenvalue weighted by Gasteiger charge is 2.29. The lowest BCUT2D eigenvalue weighted by Crippen LogP contribution is -2.37. The first kappa shape index (κ1) is 16.9. The van der Waals surface area contributed by atoms with Gasteiger partial charge in [-0.25, -0.2) is 8.42 Å². The maximum absolute atomic E-state index is 12.8. The first-order valence-electron chi connectivity index (χ1n) is 6.68. The number of ether oxygens (including phenoxy) is 1. The van der Waals surface area contributed by atoms with E-state index in [1.165, 1.54) is 17.5 Å². The number of aliphatic hydroxyl groups excluding tert-OH is 1. The fraction of sp³-hybridized carbons (Fsp3) is 0.571. The van der Waals surface area contributed by atoms with Crippen molar-refractivity contribution in [2.45, 2.75) is 44.7 Å². The van der Waals surface area contributed by atoms with Gasteiger partial charge in [-0.05, 0) is 38.0 Å². The minimum atomic E-state index is -3.64. The molecule has 0 amide bonds. The molecule has 0 saturated carbocycles. The summed E-state index contributed by atoms with van der Waals surface area (Å²) in [6.45, 7) is 5.87. The maximum Gasteiger partial charge on any atom is 0.246 e. The van der Waals surface area contributed by atoms with Gasteiger partial charge in [0.15, 0.2) is 0 Å². The first-order chi connectivity index (χ1) is 9.38. The predicted octanol–water partition coefficient (Wildman–Crippen LogP) is 2.00. The smallest absolute Gasteiger partial charge is 0.246 e. The second-order valence-corrected chi connectivity index (χ2v) is 6.71. The Labute approximate surface area is 121 Å². The number of methoxy groups -OCH3 is 1. The largest absolute Gasteiger partial charge is 0.495 e. The lowest BCUT2D eigenvalue weighted by atomic mass is 10.2. The molecule has 1 aromatic carbocycles. The molecule has 0 aliphatic heterocycles. The van der Waals surface area contributed by atoms with Crippen LogP contribution in [0.3, 0.4) is 0 Å². The average Bonchev–Trinajstić information content (AvgIpc) is 2.43. The molecular weight excluding hydrogens is 278 g/mol. The topological polar surface area (TPSA) is 66.8 Å². The Hall–Kier alpha value is -1.11. The molecule has 1 N–H and O–H groups in total. The summed E-state index contributed by atoms with van der Waals surface area (Å²) in [4.78, 5) is 0.105. The van der Waals surface area contributed by atoms with Gasteiger partial charge in [-0.3, -0.25) is 0 Å². The molecule has 5 nitrogen and oxygen atoms in total. The summed E-state index contributed by atoms with van der Waals surface area (Å²) in [5.41, 5.74) is 0.546. The highest BCUT2D eigenvalue weighted by Crippen LogP contribution is 2.29. The molecular formula is C14H23NO4S. The molecule has 1 aromatic rings. The van der Waals surface area contributed by atoms with Crippen LogP contribution in [0.1, 0.15) is 32.8 Å². The second kappa shape index (κ2) is 7.06. The van der Waals surface area contributed by atoms with Gasteiger partial charge in [-0.15, -0.1) is 0 Å². The normalized spacial score (nSPS) is 12.2. The van der Waals surface area contributed by atoms with Crippen molar-refractivity contribution in [2.24, 2.45) is 0 Å². The lowest BCUT2D eigenvalue weighted by molar-refractivity contribution is 0.281. The minimum absolute atomic E-state index is 0.105. The Kier molecular flexibility index (Phi) is 5.98. The van der Waals surface area contributed by atoms with E-state index in [4.69, 9.17) is 4.74 Å². The van der Waals surface area contributed by atoms with E-state index >= 15 is 0 Å². The number of aliphatic hydroxyl groups is 1.